The highest BCUT2D eigenvalue weighted by atomic mass is 32.2. The van der Waals surface area contributed by atoms with Crippen LogP contribution in [0.2, 0.25) is 0 Å². The number of amides is 1. The summed E-state index contributed by atoms with van der Waals surface area (Å²) in [5, 5.41) is 4.90. The lowest BCUT2D eigenvalue weighted by atomic mass is 10.2. The maximum Gasteiger partial charge on any atom is 0.230 e. The van der Waals surface area contributed by atoms with Crippen molar-refractivity contribution in [2.24, 2.45) is 5.73 Å². The maximum absolute atomic E-state index is 11.9. The molecule has 2 rings (SSSR count). The second-order valence-electron chi connectivity index (χ2n) is 4.14. The minimum Gasteiger partial charge on any atom is -0.350 e. The van der Waals surface area contributed by atoms with Crippen molar-refractivity contribution in [2.45, 2.75) is 11.4 Å². The molecule has 1 aromatic heterocycles. The van der Waals surface area contributed by atoms with Crippen molar-refractivity contribution in [1.82, 2.24) is 5.32 Å². The Labute approximate surface area is 132 Å². The molecule has 0 saturated carbocycles. The maximum atomic E-state index is 11.9. The van der Waals surface area contributed by atoms with Crippen molar-refractivity contribution in [1.29, 1.82) is 0 Å². The molecule has 21 heavy (non-hydrogen) atoms. The van der Waals surface area contributed by atoms with E-state index in [1.54, 1.807) is 11.3 Å². The van der Waals surface area contributed by atoms with Crippen LogP contribution in [0.4, 0.5) is 0 Å². The van der Waals surface area contributed by atoms with E-state index < -0.39 is 0 Å². The van der Waals surface area contributed by atoms with Crippen LogP contribution in [0.1, 0.15) is 10.4 Å². The van der Waals surface area contributed by atoms with Gasteiger partial charge in [0.2, 0.25) is 5.91 Å². The van der Waals surface area contributed by atoms with E-state index in [2.05, 4.69) is 17.2 Å². The second kappa shape index (κ2) is 8.53. The van der Waals surface area contributed by atoms with Gasteiger partial charge in [-0.3, -0.25) is 4.79 Å². The summed E-state index contributed by atoms with van der Waals surface area (Å²) in [4.78, 5) is 14.0. The van der Waals surface area contributed by atoms with Crippen LogP contribution in [0.3, 0.4) is 0 Å². The third-order valence-electron chi connectivity index (χ3n) is 2.63. The Balaban J connectivity index is 1.80. The third kappa shape index (κ3) is 5.27. The number of thioether (sulfide) groups is 1. The minimum absolute atomic E-state index is 0.0231. The molecule has 1 heterocycles. The number of rotatable bonds is 5. The van der Waals surface area contributed by atoms with E-state index >= 15 is 0 Å². The average Bonchev–Trinajstić information content (AvgIpc) is 2.97. The lowest BCUT2D eigenvalue weighted by molar-refractivity contribution is -0.118. The highest BCUT2D eigenvalue weighted by Crippen LogP contribution is 2.17. The van der Waals surface area contributed by atoms with E-state index in [0.29, 0.717) is 18.8 Å². The van der Waals surface area contributed by atoms with Gasteiger partial charge in [-0.25, -0.2) is 0 Å². The Morgan fingerprint density at radius 2 is 2.10 bits per heavy atom. The van der Waals surface area contributed by atoms with Crippen molar-refractivity contribution < 1.29 is 4.79 Å². The highest BCUT2D eigenvalue weighted by molar-refractivity contribution is 8.00. The Morgan fingerprint density at radius 3 is 2.86 bits per heavy atom. The normalized spacial score (nSPS) is 9.76. The van der Waals surface area contributed by atoms with E-state index in [9.17, 15) is 4.79 Å². The van der Waals surface area contributed by atoms with E-state index in [0.717, 1.165) is 15.3 Å². The molecule has 0 radical (unpaired) electrons. The van der Waals surface area contributed by atoms with Crippen LogP contribution in [-0.4, -0.2) is 18.2 Å². The van der Waals surface area contributed by atoms with Crippen molar-refractivity contribution in [3.8, 4) is 11.8 Å². The SMILES string of the molecule is NCC#Cc1ccsc1CNC(=O)CSc1ccccc1. The summed E-state index contributed by atoms with van der Waals surface area (Å²) in [6.45, 7) is 0.857. The Hall–Kier alpha value is -1.74. The largest absolute Gasteiger partial charge is 0.350 e. The standard InChI is InChI=1S/C16H16N2OS2/c17-9-4-5-13-8-10-20-15(13)11-18-16(19)12-21-14-6-2-1-3-7-14/h1-3,6-8,10H,9,11-12,17H2,(H,18,19). The van der Waals surface area contributed by atoms with Gasteiger partial charge in [-0.1, -0.05) is 30.0 Å². The molecule has 5 heteroatoms. The summed E-state index contributed by atoms with van der Waals surface area (Å²) in [6.07, 6.45) is 0. The molecule has 0 aliphatic heterocycles. The van der Waals surface area contributed by atoms with Crippen LogP contribution in [0.25, 0.3) is 0 Å². The molecule has 0 spiro atoms. The summed E-state index contributed by atoms with van der Waals surface area (Å²) in [5.41, 5.74) is 6.32. The van der Waals surface area contributed by atoms with Crippen LogP contribution in [0.5, 0.6) is 0 Å². The topological polar surface area (TPSA) is 55.1 Å². The van der Waals surface area contributed by atoms with E-state index in [1.165, 1.54) is 11.8 Å². The first-order valence-corrected chi connectivity index (χ1v) is 8.36. The summed E-state index contributed by atoms with van der Waals surface area (Å²) < 4.78 is 0. The van der Waals surface area contributed by atoms with Crippen LogP contribution >= 0.6 is 23.1 Å². The second-order valence-corrected chi connectivity index (χ2v) is 6.19. The Kier molecular flexibility index (Phi) is 6.35. The smallest absolute Gasteiger partial charge is 0.230 e. The fourth-order valence-corrected chi connectivity index (χ4v) is 3.15. The zero-order valence-electron chi connectivity index (χ0n) is 11.5. The summed E-state index contributed by atoms with van der Waals surface area (Å²) in [5.74, 6) is 6.29. The third-order valence-corrected chi connectivity index (χ3v) is 4.56. The molecule has 0 fully saturated rings. The van der Waals surface area contributed by atoms with Gasteiger partial charge < -0.3 is 11.1 Å². The van der Waals surface area contributed by atoms with Crippen LogP contribution in [0.15, 0.2) is 46.7 Å². The molecule has 0 atom stereocenters. The molecule has 3 nitrogen and oxygen atoms in total. The predicted molar refractivity (Wildman–Crippen MR) is 89.3 cm³/mol. The van der Waals surface area contributed by atoms with Gasteiger partial charge in [-0.05, 0) is 23.6 Å². The van der Waals surface area contributed by atoms with Gasteiger partial charge in [-0.2, -0.15) is 0 Å². The molecule has 3 N–H and O–H groups in total. The minimum atomic E-state index is 0.0231. The quantitative estimate of drug-likeness (QED) is 0.658. The van der Waals surface area contributed by atoms with Crippen molar-refractivity contribution in [2.75, 3.05) is 12.3 Å². The summed E-state index contributed by atoms with van der Waals surface area (Å²) >= 11 is 3.12. The molecular weight excluding hydrogens is 300 g/mol. The molecule has 0 bridgehead atoms. The van der Waals surface area contributed by atoms with Crippen LogP contribution in [-0.2, 0) is 11.3 Å². The molecule has 0 unspecified atom stereocenters. The zero-order chi connectivity index (χ0) is 14.9. The fraction of sp³-hybridized carbons (Fsp3) is 0.188. The molecule has 2 aromatic rings. The van der Waals surface area contributed by atoms with Gasteiger partial charge in [0.1, 0.15) is 0 Å². The first-order chi connectivity index (χ1) is 10.3. The molecule has 108 valence electrons. The first kappa shape index (κ1) is 15.6. The lowest BCUT2D eigenvalue weighted by Gasteiger charge is -2.04. The number of nitrogens with one attached hydrogen (secondary N) is 1. The van der Waals surface area contributed by atoms with E-state index in [1.807, 2.05) is 41.8 Å². The first-order valence-electron chi connectivity index (χ1n) is 6.49. The van der Waals surface area contributed by atoms with Gasteiger partial charge >= 0.3 is 0 Å². The van der Waals surface area contributed by atoms with E-state index in [4.69, 9.17) is 5.73 Å². The number of hydrogen-bond acceptors (Lipinski definition) is 4. The molecule has 1 amide bonds. The van der Waals surface area contributed by atoms with Crippen LogP contribution < -0.4 is 11.1 Å². The van der Waals surface area contributed by atoms with Gasteiger partial charge in [0, 0.05) is 15.3 Å². The number of carbonyl (C=O) groups is 1. The van der Waals surface area contributed by atoms with Crippen molar-refractivity contribution in [3.63, 3.8) is 0 Å². The Morgan fingerprint density at radius 1 is 1.29 bits per heavy atom. The van der Waals surface area contributed by atoms with Gasteiger partial charge in [0.15, 0.2) is 0 Å². The molecule has 0 aliphatic rings. The van der Waals surface area contributed by atoms with Gasteiger partial charge in [0.25, 0.3) is 0 Å². The number of carbonyl (C=O) groups excluding carboxylic acids is 1. The van der Waals surface area contributed by atoms with E-state index in [-0.39, 0.29) is 5.91 Å². The number of benzene rings is 1. The number of hydrogen-bond donors (Lipinski definition) is 2. The number of nitrogens with two attached hydrogens (primary N) is 1. The molecule has 1 aromatic carbocycles. The zero-order valence-corrected chi connectivity index (χ0v) is 13.1. The summed E-state index contributed by atoms with van der Waals surface area (Å²) in [7, 11) is 0. The molecular formula is C16H16N2OS2. The fourth-order valence-electron chi connectivity index (χ4n) is 1.63. The Bertz CT molecular complexity index is 641. The lowest BCUT2D eigenvalue weighted by Crippen LogP contribution is -2.24. The van der Waals surface area contributed by atoms with Crippen molar-refractivity contribution >= 4 is 29.0 Å². The summed E-state index contributed by atoms with van der Waals surface area (Å²) in [6, 6.07) is 11.8. The predicted octanol–water partition coefficient (Wildman–Crippen LogP) is 2.47. The van der Waals surface area contributed by atoms with Gasteiger partial charge in [-0.15, -0.1) is 23.1 Å². The average molecular weight is 316 g/mol. The number of thiophene rings is 1. The highest BCUT2D eigenvalue weighted by Gasteiger charge is 2.06. The van der Waals surface area contributed by atoms with Gasteiger partial charge in [0.05, 0.1) is 18.8 Å². The van der Waals surface area contributed by atoms with Crippen molar-refractivity contribution in [3.05, 3.63) is 52.2 Å². The van der Waals surface area contributed by atoms with Crippen LogP contribution in [0, 0.1) is 11.8 Å². The molecule has 0 aliphatic carbocycles. The molecule has 0 saturated heterocycles. The monoisotopic (exact) mass is 316 g/mol.